The summed E-state index contributed by atoms with van der Waals surface area (Å²) in [6.45, 7) is 4.38. The van der Waals surface area contributed by atoms with Crippen LogP contribution in [0, 0.1) is 6.92 Å². The molecule has 3 heterocycles. The van der Waals surface area contributed by atoms with Crippen molar-refractivity contribution in [2.75, 3.05) is 25.0 Å². The van der Waals surface area contributed by atoms with Crippen LogP contribution in [0.15, 0.2) is 35.5 Å². The Morgan fingerprint density at radius 3 is 2.67 bits per heavy atom. The minimum Gasteiger partial charge on any atom is -0.352 e. The molecule has 3 N–H and O–H groups in total. The quantitative estimate of drug-likeness (QED) is 0.512. The Balaban J connectivity index is 1.19. The molecule has 9 nitrogen and oxygen atoms in total. The van der Waals surface area contributed by atoms with Crippen LogP contribution in [0.25, 0.3) is 0 Å². The van der Waals surface area contributed by atoms with Gasteiger partial charge in [0.05, 0.1) is 6.20 Å². The number of amides is 3. The van der Waals surface area contributed by atoms with Crippen LogP contribution in [0.2, 0.25) is 0 Å². The van der Waals surface area contributed by atoms with Crippen molar-refractivity contribution in [2.45, 2.75) is 44.3 Å². The monoisotopic (exact) mass is 468 g/mol. The molecule has 0 saturated carbocycles. The fourth-order valence-electron chi connectivity index (χ4n) is 3.85. The highest BCUT2D eigenvalue weighted by Gasteiger charge is 2.33. The van der Waals surface area contributed by atoms with E-state index < -0.39 is 5.25 Å². The van der Waals surface area contributed by atoms with Gasteiger partial charge in [0.15, 0.2) is 5.17 Å². The molecule has 0 aliphatic carbocycles. The Morgan fingerprint density at radius 1 is 1.21 bits per heavy atom. The van der Waals surface area contributed by atoms with E-state index in [1.807, 2.05) is 13.1 Å². The van der Waals surface area contributed by atoms with Crippen molar-refractivity contribution < 1.29 is 14.4 Å². The first-order valence-electron chi connectivity index (χ1n) is 11.2. The molecule has 10 heteroatoms. The van der Waals surface area contributed by atoms with Crippen LogP contribution in [0.4, 0.5) is 5.69 Å². The molecule has 1 unspecified atom stereocenters. The van der Waals surface area contributed by atoms with Gasteiger partial charge in [-0.3, -0.25) is 19.5 Å². The largest absolute Gasteiger partial charge is 0.352 e. The van der Waals surface area contributed by atoms with E-state index in [1.165, 1.54) is 11.8 Å². The first kappa shape index (κ1) is 23.0. The maximum absolute atomic E-state index is 12.4. The number of amidine groups is 1. The summed E-state index contributed by atoms with van der Waals surface area (Å²) in [6.07, 6.45) is 5.77. The number of aromatic nitrogens is 2. The second kappa shape index (κ2) is 10.7. The van der Waals surface area contributed by atoms with Gasteiger partial charge < -0.3 is 15.5 Å². The number of carbonyl (C=O) groups is 3. The van der Waals surface area contributed by atoms with E-state index in [-0.39, 0.29) is 24.1 Å². The van der Waals surface area contributed by atoms with Crippen molar-refractivity contribution in [3.63, 3.8) is 0 Å². The standard InChI is InChI=1S/C23H28N6O3S/c1-15-17(14-25-28-15)5-4-10-24-21(31)16-6-8-18(9-7-16)26-20(30)13-19-22(32)27-23(33-19)29-11-2-3-12-29/h6-9,14,19H,2-5,10-13H2,1H3,(H,24,31)(H,25,28)(H,26,30). The second-order valence-corrected chi connectivity index (χ2v) is 9.41. The summed E-state index contributed by atoms with van der Waals surface area (Å²) in [5.41, 5.74) is 3.32. The molecule has 0 bridgehead atoms. The molecule has 2 aliphatic heterocycles. The zero-order valence-electron chi connectivity index (χ0n) is 18.6. The molecule has 1 aromatic heterocycles. The van der Waals surface area contributed by atoms with Crippen molar-refractivity contribution in [1.82, 2.24) is 20.4 Å². The van der Waals surface area contributed by atoms with E-state index in [0.717, 1.165) is 55.2 Å². The minimum absolute atomic E-state index is 0.0721. The SMILES string of the molecule is Cc1[nH]ncc1CCCNC(=O)c1ccc(NC(=O)CC2SC(N3CCCC3)=NC2=O)cc1. The Bertz CT molecular complexity index is 1040. The van der Waals surface area contributed by atoms with E-state index in [2.05, 4.69) is 30.7 Å². The highest BCUT2D eigenvalue weighted by Crippen LogP contribution is 2.29. The molecule has 3 amide bonds. The first-order valence-corrected chi connectivity index (χ1v) is 12.1. The number of hydrogen-bond donors (Lipinski definition) is 3. The minimum atomic E-state index is -0.475. The number of nitrogens with zero attached hydrogens (tertiary/aromatic N) is 3. The van der Waals surface area contributed by atoms with Crippen molar-refractivity contribution >= 4 is 40.3 Å². The predicted octanol–water partition coefficient (Wildman–Crippen LogP) is 2.50. The summed E-state index contributed by atoms with van der Waals surface area (Å²) >= 11 is 1.38. The normalized spacial score (nSPS) is 17.8. The number of likely N-dealkylation sites (tertiary alicyclic amines) is 1. The van der Waals surface area contributed by atoms with E-state index in [9.17, 15) is 14.4 Å². The molecule has 4 rings (SSSR count). The third kappa shape index (κ3) is 6.01. The molecule has 1 fully saturated rings. The zero-order valence-corrected chi connectivity index (χ0v) is 19.4. The Morgan fingerprint density at radius 2 is 1.97 bits per heavy atom. The lowest BCUT2D eigenvalue weighted by atomic mass is 10.1. The third-order valence-electron chi connectivity index (χ3n) is 5.75. The number of aliphatic imine (C=N–C) groups is 1. The number of anilines is 1. The molecule has 1 atom stereocenters. The lowest BCUT2D eigenvalue weighted by Gasteiger charge is -2.16. The number of benzene rings is 1. The molecule has 1 aromatic carbocycles. The van der Waals surface area contributed by atoms with Gasteiger partial charge in [0.2, 0.25) is 5.91 Å². The molecular formula is C23H28N6O3S. The Kier molecular flexibility index (Phi) is 7.43. The van der Waals surface area contributed by atoms with Crippen LogP contribution < -0.4 is 10.6 Å². The zero-order chi connectivity index (χ0) is 23.2. The van der Waals surface area contributed by atoms with Gasteiger partial charge in [-0.2, -0.15) is 10.1 Å². The second-order valence-electron chi connectivity index (χ2n) is 8.24. The van der Waals surface area contributed by atoms with Crippen LogP contribution in [-0.2, 0) is 16.0 Å². The number of hydrogen-bond acceptors (Lipinski definition) is 6. The summed E-state index contributed by atoms with van der Waals surface area (Å²) in [4.78, 5) is 43.2. The van der Waals surface area contributed by atoms with Crippen LogP contribution in [0.5, 0.6) is 0 Å². The number of H-pyrrole nitrogens is 1. The van der Waals surface area contributed by atoms with Gasteiger partial charge in [-0.25, -0.2) is 0 Å². The van der Waals surface area contributed by atoms with Crippen LogP contribution >= 0.6 is 11.8 Å². The van der Waals surface area contributed by atoms with Crippen LogP contribution in [-0.4, -0.2) is 62.9 Å². The van der Waals surface area contributed by atoms with Crippen LogP contribution in [0.1, 0.15) is 47.3 Å². The molecule has 174 valence electrons. The molecule has 0 spiro atoms. The van der Waals surface area contributed by atoms with Gasteiger partial charge >= 0.3 is 0 Å². The molecule has 33 heavy (non-hydrogen) atoms. The van der Waals surface area contributed by atoms with Crippen molar-refractivity contribution in [3.05, 3.63) is 47.3 Å². The van der Waals surface area contributed by atoms with E-state index >= 15 is 0 Å². The van der Waals surface area contributed by atoms with E-state index in [4.69, 9.17) is 0 Å². The number of rotatable bonds is 8. The maximum Gasteiger partial charge on any atom is 0.262 e. The number of carbonyl (C=O) groups excluding carboxylic acids is 3. The van der Waals surface area contributed by atoms with Gasteiger partial charge in [0.1, 0.15) is 5.25 Å². The fraction of sp³-hybridized carbons (Fsp3) is 0.435. The number of nitrogens with one attached hydrogen (secondary N) is 3. The molecule has 2 aromatic rings. The Hall–Kier alpha value is -3.14. The highest BCUT2D eigenvalue weighted by atomic mass is 32.2. The number of aromatic amines is 1. The van der Waals surface area contributed by atoms with Crippen molar-refractivity contribution in [1.29, 1.82) is 0 Å². The van der Waals surface area contributed by atoms with Gasteiger partial charge in [0, 0.05) is 43.0 Å². The lowest BCUT2D eigenvalue weighted by molar-refractivity contribution is -0.121. The van der Waals surface area contributed by atoms with Gasteiger partial charge in [-0.1, -0.05) is 11.8 Å². The number of aryl methyl sites for hydroxylation is 2. The topological polar surface area (TPSA) is 120 Å². The smallest absolute Gasteiger partial charge is 0.262 e. The Labute approximate surface area is 196 Å². The molecule has 2 aliphatic rings. The van der Waals surface area contributed by atoms with Gasteiger partial charge in [-0.15, -0.1) is 0 Å². The fourth-order valence-corrected chi connectivity index (χ4v) is 4.97. The maximum atomic E-state index is 12.4. The van der Waals surface area contributed by atoms with Crippen molar-refractivity contribution in [3.8, 4) is 0 Å². The van der Waals surface area contributed by atoms with E-state index in [0.29, 0.717) is 17.8 Å². The number of thioether (sulfide) groups is 1. The lowest BCUT2D eigenvalue weighted by Crippen LogP contribution is -2.25. The third-order valence-corrected chi connectivity index (χ3v) is 6.96. The van der Waals surface area contributed by atoms with Gasteiger partial charge in [0.25, 0.3) is 11.8 Å². The van der Waals surface area contributed by atoms with Gasteiger partial charge in [-0.05, 0) is 62.4 Å². The predicted molar refractivity (Wildman–Crippen MR) is 128 cm³/mol. The van der Waals surface area contributed by atoms with E-state index in [1.54, 1.807) is 24.3 Å². The first-order chi connectivity index (χ1) is 16.0. The molecule has 0 radical (unpaired) electrons. The molecular weight excluding hydrogens is 440 g/mol. The average molecular weight is 469 g/mol. The summed E-state index contributed by atoms with van der Waals surface area (Å²) in [7, 11) is 0. The average Bonchev–Trinajstić information content (AvgIpc) is 3.54. The highest BCUT2D eigenvalue weighted by molar-refractivity contribution is 8.15. The summed E-state index contributed by atoms with van der Waals surface area (Å²) < 4.78 is 0. The van der Waals surface area contributed by atoms with Crippen LogP contribution in [0.3, 0.4) is 0 Å². The molecule has 1 saturated heterocycles. The van der Waals surface area contributed by atoms with Crippen molar-refractivity contribution in [2.24, 2.45) is 4.99 Å². The summed E-state index contributed by atoms with van der Waals surface area (Å²) in [6, 6.07) is 6.74. The summed E-state index contributed by atoms with van der Waals surface area (Å²) in [5, 5.41) is 12.9. The summed E-state index contributed by atoms with van der Waals surface area (Å²) in [5.74, 6) is -0.645.